The van der Waals surface area contributed by atoms with Crippen LogP contribution in [0.5, 0.6) is 0 Å². The second kappa shape index (κ2) is 7.59. The van der Waals surface area contributed by atoms with Crippen LogP contribution < -0.4 is 10.2 Å². The molecule has 1 aliphatic rings. The monoisotopic (exact) mass is 408 g/mol. The molecule has 1 saturated heterocycles. The van der Waals surface area contributed by atoms with Crippen molar-refractivity contribution in [3.63, 3.8) is 0 Å². The molecule has 3 aromatic rings. The number of aromatic nitrogens is 2. The summed E-state index contributed by atoms with van der Waals surface area (Å²) in [5.74, 6) is -0.261. The predicted octanol–water partition coefficient (Wildman–Crippen LogP) is 5.40. The van der Waals surface area contributed by atoms with Gasteiger partial charge >= 0.3 is 0 Å². The van der Waals surface area contributed by atoms with Crippen LogP contribution in [0.25, 0.3) is 0 Å². The second-order valence-corrected chi connectivity index (χ2v) is 8.15. The molecule has 1 N–H and O–H groups in total. The van der Waals surface area contributed by atoms with Gasteiger partial charge in [-0.2, -0.15) is 0 Å². The smallest absolute Gasteiger partial charge is 0.174 e. The highest BCUT2D eigenvalue weighted by atomic mass is 32.1. The van der Waals surface area contributed by atoms with Crippen molar-refractivity contribution in [1.29, 1.82) is 0 Å². The number of anilines is 1. The Morgan fingerprint density at radius 2 is 1.83 bits per heavy atom. The molecule has 0 unspecified atom stereocenters. The molecule has 3 heterocycles. The van der Waals surface area contributed by atoms with E-state index < -0.39 is 0 Å². The zero-order valence-electron chi connectivity index (χ0n) is 17.1. The van der Waals surface area contributed by atoms with Gasteiger partial charge in [-0.1, -0.05) is 6.07 Å². The molecule has 29 heavy (non-hydrogen) atoms. The zero-order chi connectivity index (χ0) is 20.7. The summed E-state index contributed by atoms with van der Waals surface area (Å²) in [6.07, 6.45) is 1.80. The van der Waals surface area contributed by atoms with Crippen molar-refractivity contribution in [2.45, 2.75) is 45.8 Å². The molecule has 150 valence electrons. The van der Waals surface area contributed by atoms with Gasteiger partial charge in [0.1, 0.15) is 5.82 Å². The standard InChI is InChI=1S/C23H25FN4S/c1-14(2)27-15(3)13-19(16(27)4)22-21(20-7-5-6-12-25-20)26-23(29)28(22)18-10-8-17(24)9-11-18/h5-14,21-22H,1-4H3,(H,26,29)/t21-,22+/m1/s1. The maximum atomic E-state index is 13.6. The van der Waals surface area contributed by atoms with E-state index in [1.165, 1.54) is 29.1 Å². The quantitative estimate of drug-likeness (QED) is 0.586. The fourth-order valence-electron chi connectivity index (χ4n) is 4.45. The Balaban J connectivity index is 1.88. The van der Waals surface area contributed by atoms with E-state index in [0.29, 0.717) is 11.2 Å². The Morgan fingerprint density at radius 1 is 1.10 bits per heavy atom. The zero-order valence-corrected chi connectivity index (χ0v) is 17.9. The van der Waals surface area contributed by atoms with Crippen molar-refractivity contribution in [2.75, 3.05) is 4.90 Å². The van der Waals surface area contributed by atoms with Crippen LogP contribution in [0.4, 0.5) is 10.1 Å². The van der Waals surface area contributed by atoms with Gasteiger partial charge in [-0.3, -0.25) is 4.98 Å². The lowest BCUT2D eigenvalue weighted by Gasteiger charge is -2.28. The van der Waals surface area contributed by atoms with Gasteiger partial charge in [-0.05, 0) is 87.9 Å². The van der Waals surface area contributed by atoms with Crippen LogP contribution >= 0.6 is 12.2 Å². The minimum absolute atomic E-state index is 0.0819. The lowest BCUT2D eigenvalue weighted by molar-refractivity contribution is 0.547. The Hall–Kier alpha value is -2.73. The highest BCUT2D eigenvalue weighted by molar-refractivity contribution is 7.80. The number of benzene rings is 1. The average molecular weight is 409 g/mol. The topological polar surface area (TPSA) is 33.1 Å². The van der Waals surface area contributed by atoms with Crippen molar-refractivity contribution in [1.82, 2.24) is 14.9 Å². The van der Waals surface area contributed by atoms with Gasteiger partial charge in [0.25, 0.3) is 0 Å². The molecule has 4 nitrogen and oxygen atoms in total. The Labute approximate surface area is 176 Å². The van der Waals surface area contributed by atoms with E-state index in [2.05, 4.69) is 53.5 Å². The molecule has 2 aromatic heterocycles. The van der Waals surface area contributed by atoms with Crippen LogP contribution in [-0.2, 0) is 0 Å². The third-order valence-corrected chi connectivity index (χ3v) is 5.88. The first-order chi connectivity index (χ1) is 13.9. The van der Waals surface area contributed by atoms with Crippen LogP contribution in [-0.4, -0.2) is 14.7 Å². The molecular weight excluding hydrogens is 383 g/mol. The van der Waals surface area contributed by atoms with Crippen LogP contribution in [0, 0.1) is 19.7 Å². The first kappa shape index (κ1) is 19.6. The van der Waals surface area contributed by atoms with Crippen LogP contribution in [0.3, 0.4) is 0 Å². The number of thiocarbonyl (C=S) groups is 1. The molecule has 6 heteroatoms. The first-order valence-corrected chi connectivity index (χ1v) is 10.2. The van der Waals surface area contributed by atoms with Crippen molar-refractivity contribution in [3.05, 3.63) is 83.2 Å². The summed E-state index contributed by atoms with van der Waals surface area (Å²) in [6, 6.07) is 14.8. The molecule has 0 saturated carbocycles. The van der Waals surface area contributed by atoms with E-state index in [9.17, 15) is 4.39 Å². The molecule has 0 amide bonds. The molecule has 0 radical (unpaired) electrons. The van der Waals surface area contributed by atoms with Crippen molar-refractivity contribution < 1.29 is 4.39 Å². The van der Waals surface area contributed by atoms with Gasteiger partial charge in [-0.25, -0.2) is 4.39 Å². The lowest BCUT2D eigenvalue weighted by atomic mass is 9.96. The normalized spacial score (nSPS) is 19.1. The van der Waals surface area contributed by atoms with Gasteiger partial charge in [0.05, 0.1) is 17.8 Å². The summed E-state index contributed by atoms with van der Waals surface area (Å²) >= 11 is 5.73. The number of nitrogens with zero attached hydrogens (tertiary/aromatic N) is 3. The summed E-state index contributed by atoms with van der Waals surface area (Å²) < 4.78 is 15.9. The summed E-state index contributed by atoms with van der Waals surface area (Å²) in [6.45, 7) is 8.67. The molecule has 0 bridgehead atoms. The highest BCUT2D eigenvalue weighted by Crippen LogP contribution is 2.43. The average Bonchev–Trinajstić information content (AvgIpc) is 3.19. The molecule has 1 aromatic carbocycles. The SMILES string of the molecule is Cc1cc([C@H]2[C@@H](c3ccccn3)NC(=S)N2c2ccc(F)cc2)c(C)n1C(C)C. The number of halogens is 1. The van der Waals surface area contributed by atoms with E-state index >= 15 is 0 Å². The number of hydrogen-bond acceptors (Lipinski definition) is 2. The number of rotatable bonds is 4. The molecule has 1 aliphatic heterocycles. The van der Waals surface area contributed by atoms with Crippen molar-refractivity contribution in [2.24, 2.45) is 0 Å². The van der Waals surface area contributed by atoms with E-state index in [-0.39, 0.29) is 17.9 Å². The largest absolute Gasteiger partial charge is 0.351 e. The maximum Gasteiger partial charge on any atom is 0.174 e. The molecule has 4 rings (SSSR count). The summed E-state index contributed by atoms with van der Waals surface area (Å²) in [5.41, 5.74) is 5.41. The summed E-state index contributed by atoms with van der Waals surface area (Å²) in [5, 5.41) is 4.08. The number of aryl methyl sites for hydroxylation is 1. The third-order valence-electron chi connectivity index (χ3n) is 5.56. The van der Waals surface area contributed by atoms with Gasteiger partial charge in [0.2, 0.25) is 0 Å². The molecule has 0 aliphatic carbocycles. The summed E-state index contributed by atoms with van der Waals surface area (Å²) in [4.78, 5) is 6.68. The first-order valence-electron chi connectivity index (χ1n) is 9.83. The van der Waals surface area contributed by atoms with Crippen LogP contribution in [0.2, 0.25) is 0 Å². The Kier molecular flexibility index (Phi) is 5.13. The predicted molar refractivity (Wildman–Crippen MR) is 119 cm³/mol. The maximum absolute atomic E-state index is 13.6. The second-order valence-electron chi connectivity index (χ2n) is 7.76. The fourth-order valence-corrected chi connectivity index (χ4v) is 4.79. The lowest BCUT2D eigenvalue weighted by Crippen LogP contribution is -2.29. The highest BCUT2D eigenvalue weighted by Gasteiger charge is 2.42. The Bertz CT molecular complexity index is 1030. The van der Waals surface area contributed by atoms with Crippen molar-refractivity contribution in [3.8, 4) is 0 Å². The summed E-state index contributed by atoms with van der Waals surface area (Å²) in [7, 11) is 0. The van der Waals surface area contributed by atoms with Gasteiger partial charge in [-0.15, -0.1) is 0 Å². The molecule has 0 spiro atoms. The van der Waals surface area contributed by atoms with E-state index in [0.717, 1.165) is 11.4 Å². The van der Waals surface area contributed by atoms with E-state index in [1.807, 2.05) is 18.2 Å². The number of hydrogen-bond donors (Lipinski definition) is 1. The molecular formula is C23H25FN4S. The van der Waals surface area contributed by atoms with E-state index in [4.69, 9.17) is 12.2 Å². The van der Waals surface area contributed by atoms with Gasteiger partial charge in [0.15, 0.2) is 5.11 Å². The Morgan fingerprint density at radius 3 is 2.41 bits per heavy atom. The van der Waals surface area contributed by atoms with Gasteiger partial charge < -0.3 is 14.8 Å². The fraction of sp³-hybridized carbons (Fsp3) is 0.304. The molecule has 1 fully saturated rings. The number of nitrogens with one attached hydrogen (secondary N) is 1. The minimum Gasteiger partial charge on any atom is -0.351 e. The van der Waals surface area contributed by atoms with E-state index in [1.54, 1.807) is 18.3 Å². The third kappa shape index (κ3) is 3.42. The van der Waals surface area contributed by atoms with Crippen LogP contribution in [0.1, 0.15) is 54.6 Å². The molecule has 2 atom stereocenters. The minimum atomic E-state index is -0.261. The van der Waals surface area contributed by atoms with Crippen molar-refractivity contribution >= 4 is 23.0 Å². The van der Waals surface area contributed by atoms with Crippen LogP contribution in [0.15, 0.2) is 54.7 Å². The number of pyridine rings is 1. The van der Waals surface area contributed by atoms with Gasteiger partial charge in [0, 0.05) is 29.3 Å².